The van der Waals surface area contributed by atoms with Gasteiger partial charge in [0.2, 0.25) is 0 Å². The van der Waals surface area contributed by atoms with Gasteiger partial charge in [0.05, 0.1) is 6.61 Å². The average Bonchev–Trinajstić information content (AvgIpc) is 2.31. The van der Waals surface area contributed by atoms with Gasteiger partial charge in [-0.05, 0) is 44.8 Å². The Morgan fingerprint density at radius 1 is 1.44 bits per heavy atom. The van der Waals surface area contributed by atoms with E-state index in [0.29, 0.717) is 12.2 Å². The average molecular weight is 248 g/mol. The molecular formula is C15H20O3. The highest BCUT2D eigenvalue weighted by molar-refractivity contribution is 6.23. The lowest BCUT2D eigenvalue weighted by Crippen LogP contribution is -2.33. The van der Waals surface area contributed by atoms with Crippen molar-refractivity contribution in [3.05, 3.63) is 22.8 Å². The lowest BCUT2D eigenvalue weighted by Gasteiger charge is -2.40. The lowest BCUT2D eigenvalue weighted by molar-refractivity contribution is -0.139. The Morgan fingerprint density at radius 3 is 2.83 bits per heavy atom. The number of carbonyl (C=O) groups is 2. The topological polar surface area (TPSA) is 43.4 Å². The van der Waals surface area contributed by atoms with E-state index in [0.717, 1.165) is 36.8 Å². The fourth-order valence-electron chi connectivity index (χ4n) is 3.05. The van der Waals surface area contributed by atoms with E-state index in [4.69, 9.17) is 4.74 Å². The molecule has 0 aromatic carbocycles. The number of ether oxygens (including phenoxy) is 1. The molecule has 0 N–H and O–H groups in total. The molecule has 0 spiro atoms. The zero-order chi connectivity index (χ0) is 13.3. The maximum absolute atomic E-state index is 12.1. The van der Waals surface area contributed by atoms with E-state index in [-0.39, 0.29) is 11.2 Å². The summed E-state index contributed by atoms with van der Waals surface area (Å²) in [4.78, 5) is 24.1. The van der Waals surface area contributed by atoms with E-state index in [1.54, 1.807) is 13.0 Å². The number of esters is 1. The summed E-state index contributed by atoms with van der Waals surface area (Å²) in [5.74, 6) is -0.630. The van der Waals surface area contributed by atoms with Crippen LogP contribution in [0.1, 0.15) is 46.5 Å². The van der Waals surface area contributed by atoms with Crippen molar-refractivity contribution < 1.29 is 14.3 Å². The zero-order valence-corrected chi connectivity index (χ0v) is 11.3. The SMILES string of the molecule is CCOC(=O)C1=C2CCCCC2(C)C(C)=CC1=O. The van der Waals surface area contributed by atoms with Gasteiger partial charge in [-0.15, -0.1) is 0 Å². The number of fused-ring (bicyclic) bond motifs is 1. The highest BCUT2D eigenvalue weighted by Gasteiger charge is 2.41. The van der Waals surface area contributed by atoms with Gasteiger partial charge in [-0.2, -0.15) is 0 Å². The molecule has 3 nitrogen and oxygen atoms in total. The molecule has 1 fully saturated rings. The first-order valence-electron chi connectivity index (χ1n) is 6.64. The lowest BCUT2D eigenvalue weighted by atomic mass is 9.63. The molecule has 1 saturated carbocycles. The van der Waals surface area contributed by atoms with Gasteiger partial charge in [0, 0.05) is 5.41 Å². The molecule has 18 heavy (non-hydrogen) atoms. The van der Waals surface area contributed by atoms with Crippen LogP contribution in [0.15, 0.2) is 22.8 Å². The van der Waals surface area contributed by atoms with Gasteiger partial charge in [0.15, 0.2) is 5.78 Å². The molecule has 1 unspecified atom stereocenters. The number of ketones is 1. The largest absolute Gasteiger partial charge is 0.462 e. The Labute approximate surface area is 108 Å². The van der Waals surface area contributed by atoms with Crippen molar-refractivity contribution in [2.24, 2.45) is 5.41 Å². The fourth-order valence-corrected chi connectivity index (χ4v) is 3.05. The van der Waals surface area contributed by atoms with Crippen LogP contribution in [-0.2, 0) is 14.3 Å². The van der Waals surface area contributed by atoms with Crippen LogP contribution in [-0.4, -0.2) is 18.4 Å². The Balaban J connectivity index is 2.49. The van der Waals surface area contributed by atoms with Crippen LogP contribution in [0.2, 0.25) is 0 Å². The van der Waals surface area contributed by atoms with E-state index in [1.165, 1.54) is 0 Å². The van der Waals surface area contributed by atoms with Gasteiger partial charge in [-0.1, -0.05) is 18.9 Å². The van der Waals surface area contributed by atoms with Crippen molar-refractivity contribution in [1.29, 1.82) is 0 Å². The molecule has 0 radical (unpaired) electrons. The van der Waals surface area contributed by atoms with E-state index >= 15 is 0 Å². The minimum absolute atomic E-state index is 0.117. The highest BCUT2D eigenvalue weighted by atomic mass is 16.5. The quantitative estimate of drug-likeness (QED) is 0.557. The molecule has 2 aliphatic rings. The van der Waals surface area contributed by atoms with Crippen LogP contribution < -0.4 is 0 Å². The maximum atomic E-state index is 12.1. The summed E-state index contributed by atoms with van der Waals surface area (Å²) in [6.45, 7) is 6.20. The van der Waals surface area contributed by atoms with Crippen LogP contribution in [0.3, 0.4) is 0 Å². The van der Waals surface area contributed by atoms with Gasteiger partial charge < -0.3 is 4.74 Å². The third-order valence-electron chi connectivity index (χ3n) is 4.27. The van der Waals surface area contributed by atoms with E-state index in [2.05, 4.69) is 6.92 Å². The first-order valence-corrected chi connectivity index (χ1v) is 6.64. The summed E-state index contributed by atoms with van der Waals surface area (Å²) in [5.41, 5.74) is 2.26. The molecule has 2 aliphatic carbocycles. The molecule has 0 aromatic rings. The number of allylic oxidation sites excluding steroid dienone is 3. The Morgan fingerprint density at radius 2 is 2.17 bits per heavy atom. The third-order valence-corrected chi connectivity index (χ3v) is 4.27. The zero-order valence-electron chi connectivity index (χ0n) is 11.3. The molecule has 0 bridgehead atoms. The normalized spacial score (nSPS) is 27.7. The Kier molecular flexibility index (Phi) is 3.42. The van der Waals surface area contributed by atoms with Crippen molar-refractivity contribution >= 4 is 11.8 Å². The molecule has 0 aliphatic heterocycles. The summed E-state index contributed by atoms with van der Waals surface area (Å²) in [6, 6.07) is 0. The first kappa shape index (κ1) is 13.1. The van der Waals surface area contributed by atoms with Crippen molar-refractivity contribution in [2.45, 2.75) is 46.5 Å². The number of rotatable bonds is 2. The molecule has 0 amide bonds. The van der Waals surface area contributed by atoms with Crippen molar-refractivity contribution in [3.8, 4) is 0 Å². The standard InChI is InChI=1S/C15H20O3/c1-4-18-14(17)13-11-7-5-6-8-15(11,3)10(2)9-12(13)16/h9H,4-8H2,1-3H3. The van der Waals surface area contributed by atoms with Crippen molar-refractivity contribution in [1.82, 2.24) is 0 Å². The first-order chi connectivity index (χ1) is 8.50. The second-order valence-corrected chi connectivity index (χ2v) is 5.30. The Hall–Kier alpha value is -1.38. The van der Waals surface area contributed by atoms with E-state index < -0.39 is 5.97 Å². The molecule has 0 saturated heterocycles. The smallest absolute Gasteiger partial charge is 0.342 e. The number of carbonyl (C=O) groups excluding carboxylic acids is 2. The minimum atomic E-state index is -0.450. The van der Waals surface area contributed by atoms with Gasteiger partial charge in [-0.3, -0.25) is 4.79 Å². The van der Waals surface area contributed by atoms with Crippen LogP contribution in [0.25, 0.3) is 0 Å². The summed E-state index contributed by atoms with van der Waals surface area (Å²) >= 11 is 0. The second-order valence-electron chi connectivity index (χ2n) is 5.30. The number of hydrogen-bond donors (Lipinski definition) is 0. The Bertz CT molecular complexity index is 456. The third kappa shape index (κ3) is 1.92. The van der Waals surface area contributed by atoms with Gasteiger partial charge in [-0.25, -0.2) is 4.79 Å². The van der Waals surface area contributed by atoms with Gasteiger partial charge >= 0.3 is 5.97 Å². The molecule has 1 atom stereocenters. The molecule has 0 heterocycles. The summed E-state index contributed by atoms with van der Waals surface area (Å²) in [5, 5.41) is 0. The van der Waals surface area contributed by atoms with Gasteiger partial charge in [0.25, 0.3) is 0 Å². The predicted octanol–water partition coefficient (Wildman–Crippen LogP) is 2.96. The molecular weight excluding hydrogens is 228 g/mol. The summed E-state index contributed by atoms with van der Waals surface area (Å²) in [7, 11) is 0. The second kappa shape index (κ2) is 4.71. The number of hydrogen-bond acceptors (Lipinski definition) is 3. The van der Waals surface area contributed by atoms with Crippen molar-refractivity contribution in [2.75, 3.05) is 6.61 Å². The van der Waals surface area contributed by atoms with Crippen LogP contribution in [0.4, 0.5) is 0 Å². The monoisotopic (exact) mass is 248 g/mol. The molecule has 98 valence electrons. The summed E-state index contributed by atoms with van der Waals surface area (Å²) in [6.07, 6.45) is 5.66. The van der Waals surface area contributed by atoms with Crippen molar-refractivity contribution in [3.63, 3.8) is 0 Å². The maximum Gasteiger partial charge on any atom is 0.342 e. The predicted molar refractivity (Wildman–Crippen MR) is 69.0 cm³/mol. The minimum Gasteiger partial charge on any atom is -0.462 e. The molecule has 3 heteroatoms. The summed E-state index contributed by atoms with van der Waals surface area (Å²) < 4.78 is 5.03. The van der Waals surface area contributed by atoms with Crippen LogP contribution in [0, 0.1) is 5.41 Å². The molecule has 0 aromatic heterocycles. The van der Waals surface area contributed by atoms with Crippen LogP contribution >= 0.6 is 0 Å². The highest BCUT2D eigenvalue weighted by Crippen LogP contribution is 2.49. The van der Waals surface area contributed by atoms with Crippen LogP contribution in [0.5, 0.6) is 0 Å². The van der Waals surface area contributed by atoms with E-state index in [9.17, 15) is 9.59 Å². The van der Waals surface area contributed by atoms with Gasteiger partial charge in [0.1, 0.15) is 5.57 Å². The van der Waals surface area contributed by atoms with E-state index in [1.807, 2.05) is 6.92 Å². The fraction of sp³-hybridized carbons (Fsp3) is 0.600. The molecule has 2 rings (SSSR count).